The molecule has 0 unspecified atom stereocenters. The molecule has 0 spiro atoms. The molecule has 2 aromatic heterocycles. The highest BCUT2D eigenvalue weighted by Gasteiger charge is 2.35. The molecular weight excluding hydrogens is 394 g/mol. The van der Waals surface area contributed by atoms with E-state index >= 15 is 0 Å². The van der Waals surface area contributed by atoms with Crippen LogP contribution in [0.3, 0.4) is 0 Å². The summed E-state index contributed by atoms with van der Waals surface area (Å²) in [4.78, 5) is 22.2. The monoisotopic (exact) mass is 429 g/mol. The number of piperidine rings is 1. The van der Waals surface area contributed by atoms with Gasteiger partial charge in [-0.3, -0.25) is 9.88 Å². The maximum atomic E-state index is 12.4. The maximum absolute atomic E-state index is 12.4. The van der Waals surface area contributed by atoms with Crippen LogP contribution in [0.15, 0.2) is 24.4 Å². The lowest BCUT2D eigenvalue weighted by Crippen LogP contribution is -2.44. The van der Waals surface area contributed by atoms with Crippen LogP contribution in [0.1, 0.15) is 67.0 Å². The van der Waals surface area contributed by atoms with Crippen LogP contribution in [-0.2, 0) is 16.8 Å². The number of H-pyrrole nitrogens is 1. The Bertz CT molecular complexity index is 842. The van der Waals surface area contributed by atoms with Gasteiger partial charge in [-0.15, -0.1) is 0 Å². The number of unbranched alkanes of at least 4 members (excludes halogenated alkanes) is 1. The minimum atomic E-state index is -0.860. The SMILES string of the molecule is CCCCc1c(C)[nH]c(C(=O)OCC)c1OCCN1CCC(O)(c2ccccn2)CC1. The molecule has 3 heterocycles. The first-order valence-electron chi connectivity index (χ1n) is 11.4. The molecule has 0 aromatic carbocycles. The minimum absolute atomic E-state index is 0.327. The molecule has 1 saturated heterocycles. The minimum Gasteiger partial charge on any atom is -0.489 e. The Labute approximate surface area is 184 Å². The highest BCUT2D eigenvalue weighted by molar-refractivity contribution is 5.91. The molecule has 1 aliphatic rings. The van der Waals surface area contributed by atoms with Crippen LogP contribution < -0.4 is 4.74 Å². The first kappa shape index (κ1) is 23.3. The summed E-state index contributed by atoms with van der Waals surface area (Å²) in [6, 6.07) is 5.67. The Balaban J connectivity index is 1.59. The van der Waals surface area contributed by atoms with Crippen molar-refractivity contribution in [1.82, 2.24) is 14.9 Å². The number of hydrogen-bond acceptors (Lipinski definition) is 6. The zero-order chi connectivity index (χ0) is 22.3. The summed E-state index contributed by atoms with van der Waals surface area (Å²) in [5, 5.41) is 11.0. The van der Waals surface area contributed by atoms with Crippen LogP contribution in [0.4, 0.5) is 0 Å². The number of aromatic amines is 1. The number of ether oxygens (including phenoxy) is 2. The van der Waals surface area contributed by atoms with Gasteiger partial charge in [0.1, 0.15) is 12.2 Å². The second-order valence-corrected chi connectivity index (χ2v) is 8.19. The van der Waals surface area contributed by atoms with E-state index < -0.39 is 5.60 Å². The summed E-state index contributed by atoms with van der Waals surface area (Å²) in [7, 11) is 0. The lowest BCUT2D eigenvalue weighted by atomic mass is 9.88. The lowest BCUT2D eigenvalue weighted by molar-refractivity contribution is -0.0311. The van der Waals surface area contributed by atoms with E-state index in [0.29, 0.717) is 37.5 Å². The average molecular weight is 430 g/mol. The van der Waals surface area contributed by atoms with Gasteiger partial charge in [-0.2, -0.15) is 0 Å². The number of hydrogen-bond donors (Lipinski definition) is 2. The Morgan fingerprint density at radius 1 is 1.29 bits per heavy atom. The van der Waals surface area contributed by atoms with Crippen molar-refractivity contribution in [2.75, 3.05) is 32.8 Å². The molecule has 2 aromatic rings. The Kier molecular flexibility index (Phi) is 8.09. The molecule has 2 N–H and O–H groups in total. The van der Waals surface area contributed by atoms with Crippen LogP contribution in [0.2, 0.25) is 0 Å². The summed E-state index contributed by atoms with van der Waals surface area (Å²) >= 11 is 0. The molecule has 31 heavy (non-hydrogen) atoms. The van der Waals surface area contributed by atoms with Crippen LogP contribution in [0, 0.1) is 6.92 Å². The predicted octanol–water partition coefficient (Wildman–Crippen LogP) is 3.60. The first-order valence-corrected chi connectivity index (χ1v) is 11.4. The molecule has 1 fully saturated rings. The van der Waals surface area contributed by atoms with E-state index in [1.54, 1.807) is 13.1 Å². The fourth-order valence-corrected chi connectivity index (χ4v) is 4.12. The number of nitrogens with one attached hydrogen (secondary N) is 1. The van der Waals surface area contributed by atoms with Crippen molar-refractivity contribution < 1.29 is 19.4 Å². The number of aliphatic hydroxyl groups is 1. The number of carbonyl (C=O) groups is 1. The topological polar surface area (TPSA) is 87.7 Å². The zero-order valence-electron chi connectivity index (χ0n) is 18.9. The van der Waals surface area contributed by atoms with Crippen LogP contribution in [0.5, 0.6) is 5.75 Å². The van der Waals surface area contributed by atoms with Gasteiger partial charge in [0.2, 0.25) is 0 Å². The second-order valence-electron chi connectivity index (χ2n) is 8.19. The summed E-state index contributed by atoms with van der Waals surface area (Å²) < 4.78 is 11.4. The lowest BCUT2D eigenvalue weighted by Gasteiger charge is -2.37. The Morgan fingerprint density at radius 3 is 2.71 bits per heavy atom. The van der Waals surface area contributed by atoms with Crippen molar-refractivity contribution in [3.05, 3.63) is 47.0 Å². The van der Waals surface area contributed by atoms with Gasteiger partial charge < -0.3 is 19.6 Å². The van der Waals surface area contributed by atoms with E-state index in [2.05, 4.69) is 21.8 Å². The highest BCUT2D eigenvalue weighted by atomic mass is 16.5. The van der Waals surface area contributed by atoms with Gasteiger partial charge in [0, 0.05) is 37.1 Å². The van der Waals surface area contributed by atoms with Crippen LogP contribution in [-0.4, -0.2) is 58.8 Å². The quantitative estimate of drug-likeness (QED) is 0.561. The zero-order valence-corrected chi connectivity index (χ0v) is 18.9. The highest BCUT2D eigenvalue weighted by Crippen LogP contribution is 2.32. The number of aromatic nitrogens is 2. The van der Waals surface area contributed by atoms with Gasteiger partial charge >= 0.3 is 5.97 Å². The molecule has 7 heteroatoms. The first-order chi connectivity index (χ1) is 15.0. The number of rotatable bonds is 10. The van der Waals surface area contributed by atoms with E-state index in [1.807, 2.05) is 25.1 Å². The van der Waals surface area contributed by atoms with Crippen LogP contribution >= 0.6 is 0 Å². The number of esters is 1. The van der Waals surface area contributed by atoms with Crippen molar-refractivity contribution in [2.24, 2.45) is 0 Å². The largest absolute Gasteiger partial charge is 0.489 e. The predicted molar refractivity (Wildman–Crippen MR) is 119 cm³/mol. The van der Waals surface area contributed by atoms with E-state index in [9.17, 15) is 9.90 Å². The normalized spacial score (nSPS) is 16.3. The molecule has 1 aliphatic heterocycles. The molecule has 0 atom stereocenters. The van der Waals surface area contributed by atoms with Gasteiger partial charge in [-0.05, 0) is 51.7 Å². The molecule has 0 radical (unpaired) electrons. The third-order valence-corrected chi connectivity index (χ3v) is 6.01. The van der Waals surface area contributed by atoms with Crippen molar-refractivity contribution in [3.8, 4) is 5.75 Å². The molecule has 0 bridgehead atoms. The van der Waals surface area contributed by atoms with Crippen molar-refractivity contribution >= 4 is 5.97 Å². The number of nitrogens with zero attached hydrogens (tertiary/aromatic N) is 2. The Hall–Kier alpha value is -2.38. The van der Waals surface area contributed by atoms with Crippen molar-refractivity contribution in [3.63, 3.8) is 0 Å². The van der Waals surface area contributed by atoms with E-state index in [1.165, 1.54) is 0 Å². The molecule has 0 aliphatic carbocycles. The third kappa shape index (κ3) is 5.66. The van der Waals surface area contributed by atoms with Gasteiger partial charge in [-0.25, -0.2) is 4.79 Å². The second kappa shape index (κ2) is 10.8. The average Bonchev–Trinajstić information content (AvgIpc) is 3.10. The van der Waals surface area contributed by atoms with Gasteiger partial charge in [0.05, 0.1) is 12.3 Å². The number of likely N-dealkylation sites (tertiary alicyclic amines) is 1. The summed E-state index contributed by atoms with van der Waals surface area (Å²) in [5.74, 6) is 0.258. The molecule has 3 rings (SSSR count). The number of carbonyl (C=O) groups excluding carboxylic acids is 1. The summed E-state index contributed by atoms with van der Waals surface area (Å²) in [6.07, 6.45) is 5.99. The molecule has 170 valence electrons. The van der Waals surface area contributed by atoms with Crippen molar-refractivity contribution in [2.45, 2.75) is 58.5 Å². The number of pyridine rings is 1. The van der Waals surface area contributed by atoms with E-state index in [-0.39, 0.29) is 5.97 Å². The molecular formula is C24H35N3O4. The van der Waals surface area contributed by atoms with Gasteiger partial charge in [-0.1, -0.05) is 19.4 Å². The van der Waals surface area contributed by atoms with Crippen molar-refractivity contribution in [1.29, 1.82) is 0 Å². The third-order valence-electron chi connectivity index (χ3n) is 6.01. The van der Waals surface area contributed by atoms with Gasteiger partial charge in [0.15, 0.2) is 11.4 Å². The number of aryl methyl sites for hydroxylation is 1. The van der Waals surface area contributed by atoms with E-state index in [0.717, 1.165) is 55.8 Å². The van der Waals surface area contributed by atoms with Crippen LogP contribution in [0.25, 0.3) is 0 Å². The summed E-state index contributed by atoms with van der Waals surface area (Å²) in [5.41, 5.74) is 2.32. The molecule has 7 nitrogen and oxygen atoms in total. The summed E-state index contributed by atoms with van der Waals surface area (Å²) in [6.45, 7) is 9.01. The maximum Gasteiger partial charge on any atom is 0.358 e. The smallest absolute Gasteiger partial charge is 0.358 e. The fraction of sp³-hybridized carbons (Fsp3) is 0.583. The Morgan fingerprint density at radius 2 is 2.06 bits per heavy atom. The standard InChI is InChI=1S/C24H35N3O4/c1-4-6-9-19-18(3)26-21(23(28)30-5-2)22(19)31-17-16-27-14-11-24(29,12-15-27)20-10-7-8-13-25-20/h7-8,10,13,26,29H,4-6,9,11-12,14-17H2,1-3H3. The molecule has 0 saturated carbocycles. The molecule has 0 amide bonds. The van der Waals surface area contributed by atoms with E-state index in [4.69, 9.17) is 9.47 Å². The van der Waals surface area contributed by atoms with Gasteiger partial charge in [0.25, 0.3) is 0 Å². The fourth-order valence-electron chi connectivity index (χ4n) is 4.12.